The van der Waals surface area contributed by atoms with Crippen molar-refractivity contribution in [3.63, 3.8) is 0 Å². The van der Waals surface area contributed by atoms with E-state index in [1.165, 1.54) is 0 Å². The predicted octanol–water partition coefficient (Wildman–Crippen LogP) is 2.83. The van der Waals surface area contributed by atoms with Crippen molar-refractivity contribution in [1.29, 1.82) is 0 Å². The number of nitro groups is 1. The SMILES string of the molecule is CCCCN(C)Cc1ccccc1[N+](=O)[O-]. The van der Waals surface area contributed by atoms with Gasteiger partial charge in [0.2, 0.25) is 0 Å². The van der Waals surface area contributed by atoms with E-state index in [0.29, 0.717) is 6.54 Å². The van der Waals surface area contributed by atoms with Crippen LogP contribution in [-0.2, 0) is 6.54 Å². The van der Waals surface area contributed by atoms with Gasteiger partial charge in [-0.25, -0.2) is 0 Å². The third-order valence-corrected chi connectivity index (χ3v) is 2.52. The lowest BCUT2D eigenvalue weighted by Gasteiger charge is -2.15. The van der Waals surface area contributed by atoms with E-state index in [9.17, 15) is 10.1 Å². The van der Waals surface area contributed by atoms with Crippen LogP contribution < -0.4 is 0 Å². The molecule has 0 unspecified atom stereocenters. The summed E-state index contributed by atoms with van der Waals surface area (Å²) in [5.41, 5.74) is 0.997. The van der Waals surface area contributed by atoms with Gasteiger partial charge in [-0.1, -0.05) is 31.5 Å². The number of nitro benzene ring substituents is 1. The smallest absolute Gasteiger partial charge is 0.273 e. The maximum atomic E-state index is 10.8. The molecule has 0 radical (unpaired) electrons. The summed E-state index contributed by atoms with van der Waals surface area (Å²) in [7, 11) is 1.99. The van der Waals surface area contributed by atoms with E-state index in [1.54, 1.807) is 12.1 Å². The molecule has 0 heterocycles. The molecule has 4 nitrogen and oxygen atoms in total. The molecule has 1 rings (SSSR count). The molecule has 1 aromatic carbocycles. The molecule has 0 atom stereocenters. The van der Waals surface area contributed by atoms with Gasteiger partial charge < -0.3 is 4.90 Å². The van der Waals surface area contributed by atoms with Gasteiger partial charge >= 0.3 is 0 Å². The summed E-state index contributed by atoms with van der Waals surface area (Å²) in [6.45, 7) is 3.75. The Morgan fingerprint density at radius 2 is 2.06 bits per heavy atom. The van der Waals surface area contributed by atoms with E-state index >= 15 is 0 Å². The van der Waals surface area contributed by atoms with Crippen molar-refractivity contribution in [3.05, 3.63) is 39.9 Å². The average Bonchev–Trinajstić information content (AvgIpc) is 2.27. The van der Waals surface area contributed by atoms with Crippen LogP contribution in [0.4, 0.5) is 5.69 Å². The fraction of sp³-hybridized carbons (Fsp3) is 0.500. The quantitative estimate of drug-likeness (QED) is 0.549. The minimum Gasteiger partial charge on any atom is -0.302 e. The maximum absolute atomic E-state index is 10.8. The summed E-state index contributed by atoms with van der Waals surface area (Å²) in [6.07, 6.45) is 2.26. The van der Waals surface area contributed by atoms with Crippen LogP contribution in [-0.4, -0.2) is 23.4 Å². The number of unbranched alkanes of at least 4 members (excludes halogenated alkanes) is 1. The van der Waals surface area contributed by atoms with Gasteiger partial charge in [0.05, 0.1) is 4.92 Å². The maximum Gasteiger partial charge on any atom is 0.273 e. The van der Waals surface area contributed by atoms with E-state index in [4.69, 9.17) is 0 Å². The zero-order valence-electron chi connectivity index (χ0n) is 9.85. The molecule has 0 amide bonds. The molecule has 0 aliphatic carbocycles. The van der Waals surface area contributed by atoms with Crippen LogP contribution in [0.1, 0.15) is 25.3 Å². The first kappa shape index (κ1) is 12.6. The van der Waals surface area contributed by atoms with Gasteiger partial charge in [0, 0.05) is 18.2 Å². The zero-order valence-corrected chi connectivity index (χ0v) is 9.85. The minimum atomic E-state index is -0.316. The number of hydrogen-bond acceptors (Lipinski definition) is 3. The second kappa shape index (κ2) is 6.23. The van der Waals surface area contributed by atoms with Crippen molar-refractivity contribution >= 4 is 5.69 Å². The standard InChI is InChI=1S/C12H18N2O2/c1-3-4-9-13(2)10-11-7-5-6-8-12(11)14(15)16/h5-8H,3-4,9-10H2,1-2H3. The molecule has 88 valence electrons. The summed E-state index contributed by atoms with van der Waals surface area (Å²) in [5, 5.41) is 10.8. The van der Waals surface area contributed by atoms with Crippen LogP contribution in [0.3, 0.4) is 0 Å². The van der Waals surface area contributed by atoms with E-state index in [2.05, 4.69) is 11.8 Å². The van der Waals surface area contributed by atoms with Crippen LogP contribution in [0.5, 0.6) is 0 Å². The molecule has 0 aliphatic rings. The second-order valence-corrected chi connectivity index (χ2v) is 3.98. The molecular formula is C12H18N2O2. The Balaban J connectivity index is 2.69. The lowest BCUT2D eigenvalue weighted by molar-refractivity contribution is -0.385. The Morgan fingerprint density at radius 3 is 2.69 bits per heavy atom. The first-order valence-electron chi connectivity index (χ1n) is 5.56. The predicted molar refractivity (Wildman–Crippen MR) is 64.3 cm³/mol. The first-order valence-corrected chi connectivity index (χ1v) is 5.56. The summed E-state index contributed by atoms with van der Waals surface area (Å²) in [4.78, 5) is 12.6. The van der Waals surface area contributed by atoms with Crippen molar-refractivity contribution in [1.82, 2.24) is 4.90 Å². The molecule has 0 spiro atoms. The van der Waals surface area contributed by atoms with E-state index in [0.717, 1.165) is 24.9 Å². The summed E-state index contributed by atoms with van der Waals surface area (Å²) in [5.74, 6) is 0. The van der Waals surface area contributed by atoms with Crippen molar-refractivity contribution in [2.75, 3.05) is 13.6 Å². The highest BCUT2D eigenvalue weighted by atomic mass is 16.6. The lowest BCUT2D eigenvalue weighted by Crippen LogP contribution is -2.19. The Kier molecular flexibility index (Phi) is 4.92. The first-order chi connectivity index (χ1) is 7.65. The van der Waals surface area contributed by atoms with E-state index < -0.39 is 0 Å². The molecule has 0 saturated heterocycles. The van der Waals surface area contributed by atoms with Crippen LogP contribution in [0.2, 0.25) is 0 Å². The normalized spacial score (nSPS) is 10.7. The summed E-state index contributed by atoms with van der Waals surface area (Å²) < 4.78 is 0. The minimum absolute atomic E-state index is 0.214. The van der Waals surface area contributed by atoms with Gasteiger partial charge in [0.15, 0.2) is 0 Å². The van der Waals surface area contributed by atoms with Crippen LogP contribution >= 0.6 is 0 Å². The molecule has 0 saturated carbocycles. The van der Waals surface area contributed by atoms with Crippen LogP contribution in [0.25, 0.3) is 0 Å². The zero-order chi connectivity index (χ0) is 12.0. The second-order valence-electron chi connectivity index (χ2n) is 3.98. The Bertz CT molecular complexity index is 353. The Labute approximate surface area is 96.0 Å². The molecule has 0 bridgehead atoms. The molecule has 16 heavy (non-hydrogen) atoms. The van der Waals surface area contributed by atoms with Crippen molar-refractivity contribution in [3.8, 4) is 0 Å². The van der Waals surface area contributed by atoms with Gasteiger partial charge in [0.25, 0.3) is 5.69 Å². The largest absolute Gasteiger partial charge is 0.302 e. The van der Waals surface area contributed by atoms with Crippen molar-refractivity contribution in [2.24, 2.45) is 0 Å². The molecule has 0 N–H and O–H groups in total. The monoisotopic (exact) mass is 222 g/mol. The molecule has 0 aromatic heterocycles. The van der Waals surface area contributed by atoms with Crippen LogP contribution in [0.15, 0.2) is 24.3 Å². The lowest BCUT2D eigenvalue weighted by atomic mass is 10.1. The summed E-state index contributed by atoms with van der Waals surface area (Å²) >= 11 is 0. The molecule has 1 aromatic rings. The molecular weight excluding hydrogens is 204 g/mol. The van der Waals surface area contributed by atoms with Gasteiger partial charge in [-0.2, -0.15) is 0 Å². The van der Waals surface area contributed by atoms with Gasteiger partial charge in [-0.3, -0.25) is 10.1 Å². The third-order valence-electron chi connectivity index (χ3n) is 2.52. The average molecular weight is 222 g/mol. The van der Waals surface area contributed by atoms with E-state index in [-0.39, 0.29) is 10.6 Å². The van der Waals surface area contributed by atoms with Gasteiger partial charge in [-0.15, -0.1) is 0 Å². The van der Waals surface area contributed by atoms with Gasteiger partial charge in [-0.05, 0) is 20.0 Å². The highest BCUT2D eigenvalue weighted by molar-refractivity contribution is 5.39. The number of para-hydroxylation sites is 1. The van der Waals surface area contributed by atoms with Crippen LogP contribution in [0, 0.1) is 10.1 Å². The number of nitrogens with zero attached hydrogens (tertiary/aromatic N) is 2. The van der Waals surface area contributed by atoms with E-state index in [1.807, 2.05) is 19.2 Å². The molecule has 0 aliphatic heterocycles. The third kappa shape index (κ3) is 3.62. The molecule has 0 fully saturated rings. The highest BCUT2D eigenvalue weighted by Crippen LogP contribution is 2.18. The number of hydrogen-bond donors (Lipinski definition) is 0. The summed E-state index contributed by atoms with van der Waals surface area (Å²) in [6, 6.07) is 6.92. The fourth-order valence-corrected chi connectivity index (χ4v) is 1.62. The topological polar surface area (TPSA) is 46.4 Å². The van der Waals surface area contributed by atoms with Crippen molar-refractivity contribution in [2.45, 2.75) is 26.3 Å². The Hall–Kier alpha value is -1.42. The number of benzene rings is 1. The van der Waals surface area contributed by atoms with Gasteiger partial charge in [0.1, 0.15) is 0 Å². The molecule has 4 heteroatoms. The highest BCUT2D eigenvalue weighted by Gasteiger charge is 2.13. The van der Waals surface area contributed by atoms with Crippen molar-refractivity contribution < 1.29 is 4.92 Å². The Morgan fingerprint density at radius 1 is 1.38 bits per heavy atom. The fourth-order valence-electron chi connectivity index (χ4n) is 1.62. The number of rotatable bonds is 6.